The minimum atomic E-state index is -0.479. The molecule has 126 valence electrons. The fourth-order valence-electron chi connectivity index (χ4n) is 4.00. The van der Waals surface area contributed by atoms with E-state index in [-0.39, 0.29) is 5.91 Å². The number of hydrogen-bond acceptors (Lipinski definition) is 4. The second-order valence-corrected chi connectivity index (χ2v) is 7.27. The van der Waals surface area contributed by atoms with E-state index in [2.05, 4.69) is 20.2 Å². The van der Waals surface area contributed by atoms with E-state index in [9.17, 15) is 4.79 Å². The van der Waals surface area contributed by atoms with Crippen molar-refractivity contribution in [3.63, 3.8) is 0 Å². The quantitative estimate of drug-likeness (QED) is 0.879. The highest BCUT2D eigenvalue weighted by molar-refractivity contribution is 5.84. The van der Waals surface area contributed by atoms with Gasteiger partial charge in [0.05, 0.1) is 0 Å². The number of carbonyl (C=O) groups is 1. The summed E-state index contributed by atoms with van der Waals surface area (Å²) in [7, 11) is 0. The van der Waals surface area contributed by atoms with Crippen LogP contribution in [-0.4, -0.2) is 71.3 Å². The maximum atomic E-state index is 13.3. The minimum Gasteiger partial charge on any atom is -0.338 e. The van der Waals surface area contributed by atoms with Gasteiger partial charge in [0, 0.05) is 45.1 Å². The molecule has 1 aliphatic carbocycles. The Bertz CT molecular complexity index is 525. The molecule has 23 heavy (non-hydrogen) atoms. The Morgan fingerprint density at radius 3 is 2.52 bits per heavy atom. The van der Waals surface area contributed by atoms with Crippen LogP contribution in [0, 0.1) is 5.92 Å². The molecule has 4 rings (SSSR count). The lowest BCUT2D eigenvalue weighted by atomic mass is 9.86. The molecule has 0 spiro atoms. The first-order valence-electron chi connectivity index (χ1n) is 9.00. The highest BCUT2D eigenvalue weighted by atomic mass is 16.2. The molecular formula is C17H27N5O. The summed E-state index contributed by atoms with van der Waals surface area (Å²) >= 11 is 0. The molecule has 0 radical (unpaired) electrons. The van der Waals surface area contributed by atoms with Crippen molar-refractivity contribution < 1.29 is 4.79 Å². The fourth-order valence-corrected chi connectivity index (χ4v) is 4.00. The van der Waals surface area contributed by atoms with Gasteiger partial charge in [-0.15, -0.1) is 0 Å². The van der Waals surface area contributed by atoms with Crippen molar-refractivity contribution in [2.24, 2.45) is 5.92 Å². The van der Waals surface area contributed by atoms with Crippen LogP contribution in [0.4, 0.5) is 0 Å². The number of carbonyl (C=O) groups excluding carboxylic acids is 1. The number of nitrogens with zero attached hydrogens (tertiary/aromatic N) is 4. The van der Waals surface area contributed by atoms with Gasteiger partial charge in [0.25, 0.3) is 5.91 Å². The number of piperidine rings is 1. The third-order valence-electron chi connectivity index (χ3n) is 5.64. The Hall–Kier alpha value is -1.40. The normalized spacial score (nSPS) is 25.5. The van der Waals surface area contributed by atoms with E-state index in [1.807, 2.05) is 16.9 Å². The molecule has 0 atom stereocenters. The van der Waals surface area contributed by atoms with E-state index >= 15 is 0 Å². The summed E-state index contributed by atoms with van der Waals surface area (Å²) in [5.41, 5.74) is -0.479. The van der Waals surface area contributed by atoms with E-state index in [0.717, 1.165) is 58.0 Å². The van der Waals surface area contributed by atoms with Crippen LogP contribution in [0.1, 0.15) is 25.7 Å². The van der Waals surface area contributed by atoms with Gasteiger partial charge in [-0.25, -0.2) is 0 Å². The molecule has 6 heteroatoms. The number of amides is 1. The molecular weight excluding hydrogens is 290 g/mol. The summed E-state index contributed by atoms with van der Waals surface area (Å²) in [5.74, 6) is 1.20. The summed E-state index contributed by atoms with van der Waals surface area (Å²) in [4.78, 5) is 17.9. The second-order valence-electron chi connectivity index (χ2n) is 7.27. The van der Waals surface area contributed by atoms with Gasteiger partial charge in [0.15, 0.2) is 0 Å². The van der Waals surface area contributed by atoms with Gasteiger partial charge in [0.1, 0.15) is 5.54 Å². The van der Waals surface area contributed by atoms with E-state index in [0.29, 0.717) is 0 Å². The Morgan fingerprint density at radius 2 is 1.91 bits per heavy atom. The molecule has 0 aromatic carbocycles. The molecule has 3 heterocycles. The number of nitrogens with one attached hydrogen (secondary N) is 1. The van der Waals surface area contributed by atoms with Crippen molar-refractivity contribution in [2.75, 3.05) is 45.8 Å². The van der Waals surface area contributed by atoms with Gasteiger partial charge in [0.2, 0.25) is 0 Å². The molecule has 6 nitrogen and oxygen atoms in total. The number of rotatable bonds is 4. The lowest BCUT2D eigenvalue weighted by molar-refractivity contribution is -0.145. The van der Waals surface area contributed by atoms with Gasteiger partial charge >= 0.3 is 0 Å². The molecule has 1 N–H and O–H groups in total. The van der Waals surface area contributed by atoms with Gasteiger partial charge in [-0.3, -0.25) is 14.4 Å². The summed E-state index contributed by atoms with van der Waals surface area (Å²) in [6.07, 6.45) is 8.19. The Balaban J connectivity index is 1.45. The van der Waals surface area contributed by atoms with Gasteiger partial charge < -0.3 is 10.2 Å². The van der Waals surface area contributed by atoms with Crippen molar-refractivity contribution in [2.45, 2.75) is 31.2 Å². The first kappa shape index (κ1) is 15.1. The second kappa shape index (κ2) is 6.24. The van der Waals surface area contributed by atoms with Crippen molar-refractivity contribution in [1.82, 2.24) is 24.9 Å². The predicted octanol–water partition coefficient (Wildman–Crippen LogP) is 0.516. The smallest absolute Gasteiger partial charge is 0.250 e. The van der Waals surface area contributed by atoms with E-state index in [1.165, 1.54) is 19.4 Å². The zero-order chi connectivity index (χ0) is 15.7. The predicted molar refractivity (Wildman–Crippen MR) is 88.0 cm³/mol. The zero-order valence-electron chi connectivity index (χ0n) is 13.8. The fraction of sp³-hybridized carbons (Fsp3) is 0.765. The summed E-state index contributed by atoms with van der Waals surface area (Å²) in [6.45, 7) is 6.77. The third kappa shape index (κ3) is 3.02. The van der Waals surface area contributed by atoms with Crippen LogP contribution < -0.4 is 5.32 Å². The van der Waals surface area contributed by atoms with Crippen molar-refractivity contribution in [3.8, 4) is 0 Å². The molecule has 3 fully saturated rings. The Labute approximate surface area is 137 Å². The molecule has 1 aromatic rings. The van der Waals surface area contributed by atoms with Crippen LogP contribution in [-0.2, 0) is 10.3 Å². The first-order valence-corrected chi connectivity index (χ1v) is 9.00. The van der Waals surface area contributed by atoms with Crippen molar-refractivity contribution in [1.29, 1.82) is 0 Å². The summed E-state index contributed by atoms with van der Waals surface area (Å²) < 4.78 is 1.91. The molecule has 2 aliphatic heterocycles. The average molecular weight is 317 g/mol. The molecule has 0 unspecified atom stereocenters. The van der Waals surface area contributed by atoms with Gasteiger partial charge in [-0.1, -0.05) is 0 Å². The van der Waals surface area contributed by atoms with E-state index in [1.54, 1.807) is 6.20 Å². The van der Waals surface area contributed by atoms with Crippen LogP contribution in [0.25, 0.3) is 0 Å². The highest BCUT2D eigenvalue weighted by Gasteiger charge is 2.45. The largest absolute Gasteiger partial charge is 0.338 e. The van der Waals surface area contributed by atoms with E-state index in [4.69, 9.17) is 0 Å². The van der Waals surface area contributed by atoms with Crippen LogP contribution in [0.5, 0.6) is 0 Å². The first-order chi connectivity index (χ1) is 11.3. The maximum absolute atomic E-state index is 13.3. The Kier molecular flexibility index (Phi) is 4.11. The molecule has 2 saturated heterocycles. The highest BCUT2D eigenvalue weighted by Crippen LogP contribution is 2.31. The number of aromatic nitrogens is 2. The summed E-state index contributed by atoms with van der Waals surface area (Å²) in [5, 5.41) is 7.80. The van der Waals surface area contributed by atoms with E-state index < -0.39 is 5.54 Å². The zero-order valence-corrected chi connectivity index (χ0v) is 13.8. The Morgan fingerprint density at radius 1 is 1.17 bits per heavy atom. The molecule has 3 aliphatic rings. The van der Waals surface area contributed by atoms with Crippen LogP contribution in [0.15, 0.2) is 18.5 Å². The van der Waals surface area contributed by atoms with Crippen LogP contribution >= 0.6 is 0 Å². The number of hydrogen-bond donors (Lipinski definition) is 1. The molecule has 0 bridgehead atoms. The lowest BCUT2D eigenvalue weighted by Crippen LogP contribution is -2.59. The monoisotopic (exact) mass is 317 g/mol. The topological polar surface area (TPSA) is 53.4 Å². The standard InChI is InChI=1S/C17H27N5O/c23-16(21-12-10-20(11-13-21)14-15-2-3-15)17(4-7-18-8-5-17)22-9-1-6-19-22/h1,6,9,15,18H,2-5,7-8,10-14H2. The average Bonchev–Trinajstić information content (AvgIpc) is 3.24. The van der Waals surface area contributed by atoms with Crippen molar-refractivity contribution >= 4 is 5.91 Å². The summed E-state index contributed by atoms with van der Waals surface area (Å²) in [6, 6.07) is 1.92. The third-order valence-corrected chi connectivity index (χ3v) is 5.64. The molecule has 1 amide bonds. The molecule has 1 aromatic heterocycles. The number of piperazine rings is 1. The molecule has 1 saturated carbocycles. The van der Waals surface area contributed by atoms with Crippen LogP contribution in [0.3, 0.4) is 0 Å². The van der Waals surface area contributed by atoms with Gasteiger partial charge in [-0.2, -0.15) is 5.10 Å². The van der Waals surface area contributed by atoms with Gasteiger partial charge in [-0.05, 0) is 50.8 Å². The minimum absolute atomic E-state index is 0.272. The van der Waals surface area contributed by atoms with Crippen LogP contribution in [0.2, 0.25) is 0 Å². The lowest BCUT2D eigenvalue weighted by Gasteiger charge is -2.43. The SMILES string of the molecule is O=C(N1CCN(CC2CC2)CC1)C1(n2cccn2)CCNCC1. The maximum Gasteiger partial charge on any atom is 0.250 e. The van der Waals surface area contributed by atoms with Crippen molar-refractivity contribution in [3.05, 3.63) is 18.5 Å².